The SMILES string of the molecule is Fc1cccc(NCc2ccsc2)n1. The summed E-state index contributed by atoms with van der Waals surface area (Å²) >= 11 is 1.64. The van der Waals surface area contributed by atoms with Crippen LogP contribution in [0.5, 0.6) is 0 Å². The fourth-order valence-electron chi connectivity index (χ4n) is 1.09. The van der Waals surface area contributed by atoms with Crippen molar-refractivity contribution in [1.82, 2.24) is 4.98 Å². The minimum atomic E-state index is -0.458. The number of hydrogen-bond donors (Lipinski definition) is 1. The van der Waals surface area contributed by atoms with Crippen molar-refractivity contribution in [3.63, 3.8) is 0 Å². The van der Waals surface area contributed by atoms with E-state index < -0.39 is 5.95 Å². The molecule has 0 fully saturated rings. The van der Waals surface area contributed by atoms with Gasteiger partial charge in [0.05, 0.1) is 0 Å². The van der Waals surface area contributed by atoms with Crippen LogP contribution in [0.15, 0.2) is 35.0 Å². The number of hydrogen-bond acceptors (Lipinski definition) is 3. The van der Waals surface area contributed by atoms with Gasteiger partial charge < -0.3 is 5.32 Å². The van der Waals surface area contributed by atoms with Crippen molar-refractivity contribution >= 4 is 17.2 Å². The summed E-state index contributed by atoms with van der Waals surface area (Å²) in [5, 5.41) is 7.10. The van der Waals surface area contributed by atoms with Gasteiger partial charge in [0.15, 0.2) is 0 Å². The zero-order chi connectivity index (χ0) is 9.80. The van der Waals surface area contributed by atoms with Gasteiger partial charge in [-0.3, -0.25) is 0 Å². The second kappa shape index (κ2) is 4.19. The number of nitrogens with one attached hydrogen (secondary N) is 1. The van der Waals surface area contributed by atoms with E-state index in [9.17, 15) is 4.39 Å². The molecule has 2 nitrogen and oxygen atoms in total. The fourth-order valence-corrected chi connectivity index (χ4v) is 1.76. The van der Waals surface area contributed by atoms with Crippen LogP contribution in [0.2, 0.25) is 0 Å². The topological polar surface area (TPSA) is 24.9 Å². The molecule has 4 heteroatoms. The van der Waals surface area contributed by atoms with Gasteiger partial charge in [-0.15, -0.1) is 0 Å². The van der Waals surface area contributed by atoms with Crippen molar-refractivity contribution in [2.45, 2.75) is 6.54 Å². The van der Waals surface area contributed by atoms with Crippen LogP contribution in [0.3, 0.4) is 0 Å². The van der Waals surface area contributed by atoms with Gasteiger partial charge in [-0.2, -0.15) is 15.7 Å². The van der Waals surface area contributed by atoms with E-state index in [1.807, 2.05) is 16.8 Å². The van der Waals surface area contributed by atoms with Gasteiger partial charge in [0.2, 0.25) is 5.95 Å². The smallest absolute Gasteiger partial charge is 0.214 e. The maximum atomic E-state index is 12.7. The minimum absolute atomic E-state index is 0.458. The van der Waals surface area contributed by atoms with Crippen LogP contribution < -0.4 is 5.32 Å². The number of nitrogens with zero attached hydrogens (tertiary/aromatic N) is 1. The third kappa shape index (κ3) is 2.29. The molecule has 0 saturated heterocycles. The van der Waals surface area contributed by atoms with Gasteiger partial charge in [-0.05, 0) is 34.5 Å². The second-order valence-corrected chi connectivity index (χ2v) is 3.61. The molecule has 2 aromatic rings. The quantitative estimate of drug-likeness (QED) is 0.784. The predicted octanol–water partition coefficient (Wildman–Crippen LogP) is 2.89. The molecule has 0 spiro atoms. The van der Waals surface area contributed by atoms with Gasteiger partial charge in [0.25, 0.3) is 0 Å². The van der Waals surface area contributed by atoms with Crippen LogP contribution in [-0.2, 0) is 6.54 Å². The zero-order valence-corrected chi connectivity index (χ0v) is 8.22. The van der Waals surface area contributed by atoms with Crippen LogP contribution in [0.1, 0.15) is 5.56 Å². The van der Waals surface area contributed by atoms with Crippen LogP contribution >= 0.6 is 11.3 Å². The Morgan fingerprint density at radius 1 is 1.36 bits per heavy atom. The summed E-state index contributed by atoms with van der Waals surface area (Å²) in [6.07, 6.45) is 0. The van der Waals surface area contributed by atoms with Crippen molar-refractivity contribution in [1.29, 1.82) is 0 Å². The summed E-state index contributed by atoms with van der Waals surface area (Å²) in [5.41, 5.74) is 1.18. The number of thiophene rings is 1. The number of anilines is 1. The van der Waals surface area contributed by atoms with E-state index >= 15 is 0 Å². The number of aromatic nitrogens is 1. The van der Waals surface area contributed by atoms with Crippen molar-refractivity contribution in [2.75, 3.05) is 5.32 Å². The molecular weight excluding hydrogens is 199 g/mol. The van der Waals surface area contributed by atoms with Crippen molar-refractivity contribution in [3.05, 3.63) is 46.5 Å². The van der Waals surface area contributed by atoms with E-state index in [0.717, 1.165) is 0 Å². The predicted molar refractivity (Wildman–Crippen MR) is 55.8 cm³/mol. The van der Waals surface area contributed by atoms with E-state index in [-0.39, 0.29) is 0 Å². The zero-order valence-electron chi connectivity index (χ0n) is 7.40. The van der Waals surface area contributed by atoms with E-state index in [0.29, 0.717) is 12.4 Å². The van der Waals surface area contributed by atoms with Gasteiger partial charge in [0.1, 0.15) is 5.82 Å². The van der Waals surface area contributed by atoms with Crippen molar-refractivity contribution < 1.29 is 4.39 Å². The molecule has 14 heavy (non-hydrogen) atoms. The summed E-state index contributed by atoms with van der Waals surface area (Å²) < 4.78 is 12.7. The van der Waals surface area contributed by atoms with E-state index in [1.54, 1.807) is 23.5 Å². The minimum Gasteiger partial charge on any atom is -0.366 e. The third-order valence-corrected chi connectivity index (χ3v) is 2.50. The molecule has 0 bridgehead atoms. The van der Waals surface area contributed by atoms with Crippen LogP contribution in [0.4, 0.5) is 10.2 Å². The van der Waals surface area contributed by atoms with Gasteiger partial charge in [-0.25, -0.2) is 4.98 Å². The summed E-state index contributed by atoms with van der Waals surface area (Å²) in [4.78, 5) is 3.70. The molecule has 2 aromatic heterocycles. The first-order valence-electron chi connectivity index (χ1n) is 4.22. The van der Waals surface area contributed by atoms with Crippen molar-refractivity contribution in [3.8, 4) is 0 Å². The number of pyridine rings is 1. The van der Waals surface area contributed by atoms with Crippen LogP contribution in [0, 0.1) is 5.95 Å². The average Bonchev–Trinajstić information content (AvgIpc) is 2.67. The van der Waals surface area contributed by atoms with Gasteiger partial charge in [0, 0.05) is 6.54 Å². The lowest BCUT2D eigenvalue weighted by Crippen LogP contribution is -2.00. The molecular formula is C10H9FN2S. The highest BCUT2D eigenvalue weighted by Crippen LogP contribution is 2.09. The second-order valence-electron chi connectivity index (χ2n) is 2.83. The molecule has 2 heterocycles. The normalized spacial score (nSPS) is 10.1. The lowest BCUT2D eigenvalue weighted by molar-refractivity contribution is 0.585. The Labute approximate surface area is 85.4 Å². The largest absolute Gasteiger partial charge is 0.366 e. The highest BCUT2D eigenvalue weighted by Gasteiger charge is 1.96. The molecule has 0 aliphatic heterocycles. The van der Waals surface area contributed by atoms with Gasteiger partial charge >= 0.3 is 0 Å². The Hall–Kier alpha value is -1.42. The molecule has 0 aliphatic carbocycles. The Morgan fingerprint density at radius 2 is 2.29 bits per heavy atom. The van der Waals surface area contributed by atoms with Crippen LogP contribution in [-0.4, -0.2) is 4.98 Å². The number of halogens is 1. The Bertz CT molecular complexity index is 400. The fraction of sp³-hybridized carbons (Fsp3) is 0.100. The Morgan fingerprint density at radius 3 is 3.00 bits per heavy atom. The third-order valence-electron chi connectivity index (χ3n) is 1.77. The summed E-state index contributed by atoms with van der Waals surface area (Å²) in [7, 11) is 0. The Kier molecular flexibility index (Phi) is 2.74. The summed E-state index contributed by atoms with van der Waals surface area (Å²) in [5.74, 6) is 0.108. The Balaban J connectivity index is 1.98. The van der Waals surface area contributed by atoms with E-state index in [4.69, 9.17) is 0 Å². The highest BCUT2D eigenvalue weighted by atomic mass is 32.1. The molecule has 2 rings (SSSR count). The molecule has 0 saturated carbocycles. The average molecular weight is 208 g/mol. The number of rotatable bonds is 3. The maximum absolute atomic E-state index is 12.7. The molecule has 0 aromatic carbocycles. The summed E-state index contributed by atoms with van der Waals surface area (Å²) in [6, 6.07) is 6.74. The monoisotopic (exact) mass is 208 g/mol. The maximum Gasteiger partial charge on any atom is 0.214 e. The molecule has 0 aliphatic rings. The molecule has 0 atom stereocenters. The lowest BCUT2D eigenvalue weighted by Gasteiger charge is -2.02. The molecule has 1 N–H and O–H groups in total. The standard InChI is InChI=1S/C10H9FN2S/c11-9-2-1-3-10(13-9)12-6-8-4-5-14-7-8/h1-5,7H,6H2,(H,12,13). The molecule has 0 amide bonds. The van der Waals surface area contributed by atoms with Crippen molar-refractivity contribution in [2.24, 2.45) is 0 Å². The molecule has 72 valence electrons. The van der Waals surface area contributed by atoms with E-state index in [2.05, 4.69) is 10.3 Å². The highest BCUT2D eigenvalue weighted by molar-refractivity contribution is 7.07. The molecule has 0 unspecified atom stereocenters. The van der Waals surface area contributed by atoms with Gasteiger partial charge in [-0.1, -0.05) is 6.07 Å². The molecule has 0 radical (unpaired) electrons. The van der Waals surface area contributed by atoms with E-state index in [1.165, 1.54) is 11.6 Å². The van der Waals surface area contributed by atoms with Crippen LogP contribution in [0.25, 0.3) is 0 Å². The first-order chi connectivity index (χ1) is 6.84. The lowest BCUT2D eigenvalue weighted by atomic mass is 10.3. The summed E-state index contributed by atoms with van der Waals surface area (Å²) in [6.45, 7) is 0.681. The first kappa shape index (κ1) is 9.15. The first-order valence-corrected chi connectivity index (χ1v) is 5.16.